The normalized spacial score (nSPS) is 11.3. The molecule has 2 heterocycles. The van der Waals surface area contributed by atoms with E-state index < -0.39 is 0 Å². The first-order valence-corrected chi connectivity index (χ1v) is 7.51. The molecule has 4 rings (SSSR count). The van der Waals surface area contributed by atoms with E-state index in [2.05, 4.69) is 58.5 Å². The Kier molecular flexibility index (Phi) is 3.13. The molecule has 0 bridgehead atoms. The van der Waals surface area contributed by atoms with Crippen molar-refractivity contribution in [3.8, 4) is 11.3 Å². The van der Waals surface area contributed by atoms with E-state index in [4.69, 9.17) is 5.73 Å². The van der Waals surface area contributed by atoms with E-state index in [1.165, 1.54) is 16.5 Å². The molecule has 4 aromatic rings. The summed E-state index contributed by atoms with van der Waals surface area (Å²) in [7, 11) is 0. The lowest BCUT2D eigenvalue weighted by atomic mass is 10.0. The predicted molar refractivity (Wildman–Crippen MR) is 91.8 cm³/mol. The summed E-state index contributed by atoms with van der Waals surface area (Å²) in [4.78, 5) is 7.94. The molecule has 0 unspecified atom stereocenters. The second-order valence-electron chi connectivity index (χ2n) is 5.47. The summed E-state index contributed by atoms with van der Waals surface area (Å²) in [6.07, 6.45) is 2.69. The number of rotatable bonds is 3. The highest BCUT2D eigenvalue weighted by Gasteiger charge is 2.12. The maximum absolute atomic E-state index is 5.82. The van der Waals surface area contributed by atoms with Crippen LogP contribution >= 0.6 is 0 Å². The fraction of sp³-hybridized carbons (Fsp3) is 0.105. The number of nitrogens with two attached hydrogens (primary N) is 1. The number of nitrogens with zero attached hydrogens (tertiary/aromatic N) is 1. The molecular weight excluding hydrogens is 270 g/mol. The maximum atomic E-state index is 5.82. The van der Waals surface area contributed by atoms with Gasteiger partial charge < -0.3 is 10.7 Å². The van der Waals surface area contributed by atoms with Crippen molar-refractivity contribution in [2.45, 2.75) is 6.42 Å². The molecule has 0 spiro atoms. The summed E-state index contributed by atoms with van der Waals surface area (Å²) >= 11 is 0. The van der Waals surface area contributed by atoms with Crippen LogP contribution in [0.1, 0.15) is 5.56 Å². The summed E-state index contributed by atoms with van der Waals surface area (Å²) < 4.78 is 0. The molecule has 108 valence electrons. The van der Waals surface area contributed by atoms with Crippen molar-refractivity contribution in [3.63, 3.8) is 0 Å². The molecular formula is C19H17N3. The largest absolute Gasteiger partial charge is 0.354 e. The summed E-state index contributed by atoms with van der Waals surface area (Å²) in [6.45, 7) is 0.643. The van der Waals surface area contributed by atoms with Crippen LogP contribution in [0.25, 0.3) is 33.1 Å². The van der Waals surface area contributed by atoms with Crippen LogP contribution < -0.4 is 5.73 Å². The number of benzene rings is 2. The molecule has 0 aliphatic heterocycles. The highest BCUT2D eigenvalue weighted by molar-refractivity contribution is 5.93. The topological polar surface area (TPSA) is 54.7 Å². The molecule has 0 aliphatic carbocycles. The number of hydrogen-bond donors (Lipinski definition) is 2. The fourth-order valence-electron chi connectivity index (χ4n) is 3.08. The van der Waals surface area contributed by atoms with Gasteiger partial charge in [0.15, 0.2) is 0 Å². The van der Waals surface area contributed by atoms with Crippen molar-refractivity contribution in [3.05, 3.63) is 66.4 Å². The zero-order chi connectivity index (χ0) is 14.9. The second-order valence-corrected chi connectivity index (χ2v) is 5.47. The third-order valence-corrected chi connectivity index (χ3v) is 4.10. The zero-order valence-electron chi connectivity index (χ0n) is 12.2. The van der Waals surface area contributed by atoms with Gasteiger partial charge in [0, 0.05) is 28.2 Å². The van der Waals surface area contributed by atoms with Crippen LogP contribution in [0.15, 0.2) is 60.8 Å². The molecule has 22 heavy (non-hydrogen) atoms. The Balaban J connectivity index is 1.96. The summed E-state index contributed by atoms with van der Waals surface area (Å²) in [5, 5.41) is 2.41. The Morgan fingerprint density at radius 2 is 1.91 bits per heavy atom. The van der Waals surface area contributed by atoms with Gasteiger partial charge in [0.2, 0.25) is 0 Å². The summed E-state index contributed by atoms with van der Waals surface area (Å²) in [6, 6.07) is 18.8. The van der Waals surface area contributed by atoms with Crippen molar-refractivity contribution >= 4 is 21.8 Å². The molecule has 0 fully saturated rings. The standard InChI is InChI=1S/C19H17N3/c20-10-9-16-15-5-1-2-6-18(15)22-19(16)14-7-8-17-13(12-14)4-3-11-21-17/h1-8,11-12,22H,9-10,20H2. The van der Waals surface area contributed by atoms with E-state index in [-0.39, 0.29) is 0 Å². The van der Waals surface area contributed by atoms with E-state index >= 15 is 0 Å². The van der Waals surface area contributed by atoms with Gasteiger partial charge >= 0.3 is 0 Å². The first kappa shape index (κ1) is 13.0. The van der Waals surface area contributed by atoms with Gasteiger partial charge in [0.05, 0.1) is 5.52 Å². The Bertz CT molecular complexity index is 953. The Morgan fingerprint density at radius 3 is 2.82 bits per heavy atom. The van der Waals surface area contributed by atoms with Gasteiger partial charge in [-0.25, -0.2) is 0 Å². The SMILES string of the molecule is NCCc1c(-c2ccc3ncccc3c2)[nH]c2ccccc12. The molecule has 3 nitrogen and oxygen atoms in total. The molecule has 3 heteroatoms. The zero-order valence-corrected chi connectivity index (χ0v) is 12.2. The van der Waals surface area contributed by atoms with Crippen molar-refractivity contribution in [1.29, 1.82) is 0 Å². The number of aromatic amines is 1. The van der Waals surface area contributed by atoms with Gasteiger partial charge in [0.1, 0.15) is 0 Å². The van der Waals surface area contributed by atoms with Gasteiger partial charge in [-0.2, -0.15) is 0 Å². The van der Waals surface area contributed by atoms with Crippen molar-refractivity contribution in [2.75, 3.05) is 6.54 Å². The van der Waals surface area contributed by atoms with E-state index in [0.717, 1.165) is 28.5 Å². The molecule has 2 aromatic carbocycles. The Morgan fingerprint density at radius 1 is 1.00 bits per heavy atom. The smallest absolute Gasteiger partial charge is 0.0702 e. The Hall–Kier alpha value is -2.65. The number of para-hydroxylation sites is 1. The molecule has 0 saturated heterocycles. The van der Waals surface area contributed by atoms with E-state index in [1.807, 2.05) is 12.3 Å². The first-order valence-electron chi connectivity index (χ1n) is 7.51. The van der Waals surface area contributed by atoms with Gasteiger partial charge in [-0.05, 0) is 48.4 Å². The van der Waals surface area contributed by atoms with Crippen LogP contribution in [-0.4, -0.2) is 16.5 Å². The lowest BCUT2D eigenvalue weighted by Crippen LogP contribution is -2.03. The lowest BCUT2D eigenvalue weighted by molar-refractivity contribution is 0.978. The minimum Gasteiger partial charge on any atom is -0.354 e. The van der Waals surface area contributed by atoms with Crippen LogP contribution in [-0.2, 0) is 6.42 Å². The number of H-pyrrole nitrogens is 1. The van der Waals surface area contributed by atoms with Crippen LogP contribution in [0.4, 0.5) is 0 Å². The molecule has 0 atom stereocenters. The number of aromatic nitrogens is 2. The minimum absolute atomic E-state index is 0.643. The number of fused-ring (bicyclic) bond motifs is 2. The highest BCUT2D eigenvalue weighted by Crippen LogP contribution is 2.31. The second kappa shape index (κ2) is 5.28. The number of hydrogen-bond acceptors (Lipinski definition) is 2. The number of pyridine rings is 1. The first-order chi connectivity index (χ1) is 10.9. The van der Waals surface area contributed by atoms with Crippen molar-refractivity contribution < 1.29 is 0 Å². The summed E-state index contributed by atoms with van der Waals surface area (Å²) in [5.41, 5.74) is 11.6. The van der Waals surface area contributed by atoms with E-state index in [9.17, 15) is 0 Å². The monoisotopic (exact) mass is 287 g/mol. The van der Waals surface area contributed by atoms with Gasteiger partial charge in [-0.1, -0.05) is 30.3 Å². The quantitative estimate of drug-likeness (QED) is 0.600. The van der Waals surface area contributed by atoms with Crippen molar-refractivity contribution in [2.24, 2.45) is 5.73 Å². The minimum atomic E-state index is 0.643. The van der Waals surface area contributed by atoms with Crippen LogP contribution in [0.2, 0.25) is 0 Å². The Labute approximate surface area is 128 Å². The third kappa shape index (κ3) is 2.07. The number of nitrogens with one attached hydrogen (secondary N) is 1. The molecule has 3 N–H and O–H groups in total. The van der Waals surface area contributed by atoms with Gasteiger partial charge in [-0.3, -0.25) is 4.98 Å². The molecule has 0 amide bonds. The van der Waals surface area contributed by atoms with Crippen LogP contribution in [0, 0.1) is 0 Å². The predicted octanol–water partition coefficient (Wildman–Crippen LogP) is 3.88. The van der Waals surface area contributed by atoms with E-state index in [0.29, 0.717) is 6.54 Å². The van der Waals surface area contributed by atoms with Gasteiger partial charge in [0.25, 0.3) is 0 Å². The maximum Gasteiger partial charge on any atom is 0.0702 e. The average molecular weight is 287 g/mol. The van der Waals surface area contributed by atoms with Crippen molar-refractivity contribution in [1.82, 2.24) is 9.97 Å². The fourth-order valence-corrected chi connectivity index (χ4v) is 3.08. The molecule has 0 saturated carbocycles. The third-order valence-electron chi connectivity index (χ3n) is 4.10. The molecule has 0 radical (unpaired) electrons. The highest BCUT2D eigenvalue weighted by atomic mass is 14.7. The van der Waals surface area contributed by atoms with Gasteiger partial charge in [-0.15, -0.1) is 0 Å². The average Bonchev–Trinajstić information content (AvgIpc) is 2.94. The molecule has 2 aromatic heterocycles. The lowest BCUT2D eigenvalue weighted by Gasteiger charge is -2.05. The summed E-state index contributed by atoms with van der Waals surface area (Å²) in [5.74, 6) is 0. The van der Waals surface area contributed by atoms with Crippen LogP contribution in [0.3, 0.4) is 0 Å². The van der Waals surface area contributed by atoms with E-state index in [1.54, 1.807) is 0 Å². The van der Waals surface area contributed by atoms with Crippen LogP contribution in [0.5, 0.6) is 0 Å². The molecule has 0 aliphatic rings.